The van der Waals surface area contributed by atoms with Crippen molar-refractivity contribution in [3.8, 4) is 0 Å². The maximum atomic E-state index is 11.3. The van der Waals surface area contributed by atoms with Crippen LogP contribution in [-0.2, 0) is 4.79 Å². The van der Waals surface area contributed by atoms with E-state index in [1.807, 2.05) is 6.92 Å². The molecule has 0 aliphatic carbocycles. The van der Waals surface area contributed by atoms with Crippen LogP contribution in [0.2, 0.25) is 0 Å². The summed E-state index contributed by atoms with van der Waals surface area (Å²) in [6.07, 6.45) is 0. The lowest BCUT2D eigenvalue weighted by molar-refractivity contribution is -0.114. The zero-order valence-electron chi connectivity index (χ0n) is 9.05. The number of hydrogen-bond donors (Lipinski definition) is 2. The van der Waals surface area contributed by atoms with Gasteiger partial charge in [0.15, 0.2) is 0 Å². The zero-order chi connectivity index (χ0) is 11.4. The van der Waals surface area contributed by atoms with Crippen molar-refractivity contribution in [2.24, 2.45) is 0 Å². The number of benzene rings is 1. The van der Waals surface area contributed by atoms with E-state index >= 15 is 0 Å². The van der Waals surface area contributed by atoms with Crippen LogP contribution in [-0.4, -0.2) is 18.9 Å². The number of carbonyl (C=O) groups is 2. The summed E-state index contributed by atoms with van der Waals surface area (Å²) >= 11 is 0. The average molecular weight is 206 g/mol. The first kappa shape index (κ1) is 11.2. The third-order valence-electron chi connectivity index (χ3n) is 2.04. The predicted molar refractivity (Wildman–Crippen MR) is 58.9 cm³/mol. The summed E-state index contributed by atoms with van der Waals surface area (Å²) in [5, 5.41) is 5.20. The van der Waals surface area contributed by atoms with Gasteiger partial charge in [-0.25, -0.2) is 0 Å². The molecule has 0 heterocycles. The third kappa shape index (κ3) is 2.80. The van der Waals surface area contributed by atoms with Crippen LogP contribution in [0.3, 0.4) is 0 Å². The van der Waals surface area contributed by atoms with Crippen molar-refractivity contribution in [3.05, 3.63) is 29.3 Å². The highest BCUT2D eigenvalue weighted by atomic mass is 16.2. The van der Waals surface area contributed by atoms with Gasteiger partial charge in [-0.1, -0.05) is 6.07 Å². The van der Waals surface area contributed by atoms with E-state index < -0.39 is 0 Å². The summed E-state index contributed by atoms with van der Waals surface area (Å²) in [6, 6.07) is 5.19. The molecule has 0 aromatic heterocycles. The molecule has 80 valence electrons. The highest BCUT2D eigenvalue weighted by Gasteiger charge is 2.06. The Hall–Kier alpha value is -1.84. The van der Waals surface area contributed by atoms with Crippen LogP contribution in [0.1, 0.15) is 22.8 Å². The van der Waals surface area contributed by atoms with E-state index in [1.54, 1.807) is 25.2 Å². The van der Waals surface area contributed by atoms with Crippen molar-refractivity contribution in [1.29, 1.82) is 0 Å². The fraction of sp³-hybridized carbons (Fsp3) is 0.273. The van der Waals surface area contributed by atoms with Crippen molar-refractivity contribution < 1.29 is 9.59 Å². The second-order valence-corrected chi connectivity index (χ2v) is 3.29. The second-order valence-electron chi connectivity index (χ2n) is 3.29. The Morgan fingerprint density at radius 3 is 2.47 bits per heavy atom. The van der Waals surface area contributed by atoms with Crippen LogP contribution in [0, 0.1) is 6.92 Å². The first-order chi connectivity index (χ1) is 7.04. The molecule has 0 saturated heterocycles. The molecule has 0 aliphatic heterocycles. The molecule has 1 aromatic rings. The van der Waals surface area contributed by atoms with Gasteiger partial charge in [0.2, 0.25) is 5.91 Å². The topological polar surface area (TPSA) is 58.2 Å². The summed E-state index contributed by atoms with van der Waals surface area (Å²) in [6.45, 7) is 3.31. The molecule has 0 aliphatic rings. The van der Waals surface area contributed by atoms with Gasteiger partial charge in [0.1, 0.15) is 0 Å². The Morgan fingerprint density at radius 2 is 1.93 bits per heavy atom. The molecule has 1 aromatic carbocycles. The van der Waals surface area contributed by atoms with Crippen molar-refractivity contribution in [1.82, 2.24) is 5.32 Å². The van der Waals surface area contributed by atoms with Gasteiger partial charge in [0.25, 0.3) is 5.91 Å². The van der Waals surface area contributed by atoms with Crippen LogP contribution in [0.25, 0.3) is 0 Å². The molecule has 0 spiro atoms. The molecule has 2 amide bonds. The first-order valence-corrected chi connectivity index (χ1v) is 4.65. The molecule has 0 fully saturated rings. The standard InChI is InChI=1S/C11H14N2O2/c1-7-4-5-9(11(15)12-3)6-10(7)13-8(2)14/h4-6H,1-3H3,(H,12,15)(H,13,14). The number of amides is 2. The van der Waals surface area contributed by atoms with Gasteiger partial charge in [-0.15, -0.1) is 0 Å². The highest BCUT2D eigenvalue weighted by Crippen LogP contribution is 2.16. The normalized spacial score (nSPS) is 9.53. The fourth-order valence-corrected chi connectivity index (χ4v) is 1.23. The van der Waals surface area contributed by atoms with Gasteiger partial charge in [0, 0.05) is 25.2 Å². The highest BCUT2D eigenvalue weighted by molar-refractivity contribution is 5.97. The van der Waals surface area contributed by atoms with Crippen LogP contribution in [0.15, 0.2) is 18.2 Å². The number of anilines is 1. The van der Waals surface area contributed by atoms with E-state index in [0.29, 0.717) is 11.3 Å². The quantitative estimate of drug-likeness (QED) is 0.766. The Bertz CT molecular complexity index is 400. The molecule has 1 rings (SSSR count). The van der Waals surface area contributed by atoms with E-state index in [-0.39, 0.29) is 11.8 Å². The van der Waals surface area contributed by atoms with Gasteiger partial charge >= 0.3 is 0 Å². The van der Waals surface area contributed by atoms with E-state index in [2.05, 4.69) is 10.6 Å². The van der Waals surface area contributed by atoms with E-state index in [9.17, 15) is 9.59 Å². The van der Waals surface area contributed by atoms with Crippen molar-refractivity contribution in [2.45, 2.75) is 13.8 Å². The zero-order valence-corrected chi connectivity index (χ0v) is 9.05. The monoisotopic (exact) mass is 206 g/mol. The average Bonchev–Trinajstić information content (AvgIpc) is 2.19. The minimum Gasteiger partial charge on any atom is -0.355 e. The number of carbonyl (C=O) groups excluding carboxylic acids is 2. The fourth-order valence-electron chi connectivity index (χ4n) is 1.23. The Labute approximate surface area is 88.7 Å². The summed E-state index contributed by atoms with van der Waals surface area (Å²) < 4.78 is 0. The van der Waals surface area contributed by atoms with Gasteiger partial charge in [-0.05, 0) is 24.6 Å². The lowest BCUT2D eigenvalue weighted by atomic mass is 10.1. The van der Waals surface area contributed by atoms with Crippen LogP contribution >= 0.6 is 0 Å². The SMILES string of the molecule is CNC(=O)c1ccc(C)c(NC(C)=O)c1. The smallest absolute Gasteiger partial charge is 0.251 e. The lowest BCUT2D eigenvalue weighted by Gasteiger charge is -2.08. The number of rotatable bonds is 2. The molecule has 4 nitrogen and oxygen atoms in total. The number of nitrogens with one attached hydrogen (secondary N) is 2. The van der Waals surface area contributed by atoms with E-state index in [4.69, 9.17) is 0 Å². The molecular formula is C11H14N2O2. The summed E-state index contributed by atoms with van der Waals surface area (Å²) in [5.41, 5.74) is 2.13. The Morgan fingerprint density at radius 1 is 1.27 bits per heavy atom. The molecule has 2 N–H and O–H groups in total. The van der Waals surface area contributed by atoms with Gasteiger partial charge in [0.05, 0.1) is 0 Å². The summed E-state index contributed by atoms with van der Waals surface area (Å²) in [4.78, 5) is 22.2. The minimum atomic E-state index is -0.165. The van der Waals surface area contributed by atoms with Gasteiger partial charge in [-0.2, -0.15) is 0 Å². The van der Waals surface area contributed by atoms with Crippen LogP contribution < -0.4 is 10.6 Å². The predicted octanol–water partition coefficient (Wildman–Crippen LogP) is 1.31. The minimum absolute atomic E-state index is 0.146. The Kier molecular flexibility index (Phi) is 3.44. The van der Waals surface area contributed by atoms with E-state index in [1.165, 1.54) is 6.92 Å². The maximum absolute atomic E-state index is 11.3. The van der Waals surface area contributed by atoms with Gasteiger partial charge in [-0.3, -0.25) is 9.59 Å². The van der Waals surface area contributed by atoms with Gasteiger partial charge < -0.3 is 10.6 Å². The Balaban J connectivity index is 3.05. The summed E-state index contributed by atoms with van der Waals surface area (Å²) in [7, 11) is 1.57. The number of hydrogen-bond acceptors (Lipinski definition) is 2. The first-order valence-electron chi connectivity index (χ1n) is 4.65. The molecule has 0 unspecified atom stereocenters. The maximum Gasteiger partial charge on any atom is 0.251 e. The lowest BCUT2D eigenvalue weighted by Crippen LogP contribution is -2.18. The number of aryl methyl sites for hydroxylation is 1. The molecule has 0 atom stereocenters. The van der Waals surface area contributed by atoms with E-state index in [0.717, 1.165) is 5.56 Å². The van der Waals surface area contributed by atoms with Crippen LogP contribution in [0.4, 0.5) is 5.69 Å². The molecule has 4 heteroatoms. The molecule has 0 radical (unpaired) electrons. The molecule has 0 bridgehead atoms. The molecular weight excluding hydrogens is 192 g/mol. The largest absolute Gasteiger partial charge is 0.355 e. The molecule has 0 saturated carbocycles. The summed E-state index contributed by atoms with van der Waals surface area (Å²) in [5.74, 6) is -0.311. The van der Waals surface area contributed by atoms with Crippen LogP contribution in [0.5, 0.6) is 0 Å². The van der Waals surface area contributed by atoms with Crippen molar-refractivity contribution in [3.63, 3.8) is 0 Å². The third-order valence-corrected chi connectivity index (χ3v) is 2.04. The van der Waals surface area contributed by atoms with Crippen molar-refractivity contribution >= 4 is 17.5 Å². The molecule has 15 heavy (non-hydrogen) atoms. The van der Waals surface area contributed by atoms with Crippen molar-refractivity contribution in [2.75, 3.05) is 12.4 Å². The second kappa shape index (κ2) is 4.59.